The molecule has 9 heteroatoms. The van der Waals surface area contributed by atoms with Gasteiger partial charge in [0.25, 0.3) is 0 Å². The number of nitrogens with one attached hydrogen (secondary N) is 2. The van der Waals surface area contributed by atoms with Crippen LogP contribution in [0.15, 0.2) is 33.6 Å². The summed E-state index contributed by atoms with van der Waals surface area (Å²) in [6, 6.07) is 5.34. The van der Waals surface area contributed by atoms with Crippen molar-refractivity contribution in [1.82, 2.24) is 10.0 Å². The fraction of sp³-hybridized carbons (Fsp3) is 0.385. The summed E-state index contributed by atoms with van der Waals surface area (Å²) in [7, 11) is -2.45. The van der Waals surface area contributed by atoms with Gasteiger partial charge in [-0.15, -0.1) is 0 Å². The van der Waals surface area contributed by atoms with Crippen molar-refractivity contribution >= 4 is 37.8 Å². The molecule has 0 bridgehead atoms. The van der Waals surface area contributed by atoms with Crippen LogP contribution < -0.4 is 10.0 Å². The Bertz CT molecular complexity index is 630. The molecule has 0 spiro atoms. The normalized spacial score (nSPS) is 12.5. The molecule has 1 aromatic rings. The molecule has 0 saturated heterocycles. The summed E-state index contributed by atoms with van der Waals surface area (Å²) in [5.74, 6) is -1.01. The van der Waals surface area contributed by atoms with Crippen LogP contribution in [0.4, 0.5) is 0 Å². The highest BCUT2D eigenvalue weighted by Crippen LogP contribution is 2.14. The number of methoxy groups -OCH3 is 1. The fourth-order valence-electron chi connectivity index (χ4n) is 1.55. The number of benzene rings is 1. The van der Waals surface area contributed by atoms with E-state index in [-0.39, 0.29) is 17.9 Å². The van der Waals surface area contributed by atoms with Gasteiger partial charge in [0.05, 0.1) is 12.0 Å². The molecule has 0 aromatic heterocycles. The molecule has 1 amide bonds. The number of rotatable bonds is 7. The predicted octanol–water partition coefficient (Wildman–Crippen LogP) is 0.795. The number of carbonyl (C=O) groups excluding carboxylic acids is 2. The lowest BCUT2D eigenvalue weighted by Gasteiger charge is -2.11. The van der Waals surface area contributed by atoms with E-state index in [9.17, 15) is 18.0 Å². The second-order valence-electron chi connectivity index (χ2n) is 4.41. The fourth-order valence-corrected chi connectivity index (χ4v) is 2.84. The molecule has 0 aliphatic rings. The molecule has 1 rings (SSSR count). The Morgan fingerprint density at radius 1 is 1.27 bits per heavy atom. The Labute approximate surface area is 137 Å². The molecule has 2 N–H and O–H groups in total. The molecular weight excluding hydrogens is 376 g/mol. The second kappa shape index (κ2) is 8.25. The first-order valence-electron chi connectivity index (χ1n) is 6.38. The molecule has 1 aromatic carbocycles. The molecule has 22 heavy (non-hydrogen) atoms. The average molecular weight is 393 g/mol. The topological polar surface area (TPSA) is 102 Å². The molecule has 122 valence electrons. The molecule has 0 radical (unpaired) electrons. The Morgan fingerprint density at radius 3 is 2.41 bits per heavy atom. The number of hydrogen-bond acceptors (Lipinski definition) is 5. The maximum absolute atomic E-state index is 12.0. The van der Waals surface area contributed by atoms with Crippen LogP contribution >= 0.6 is 15.9 Å². The zero-order chi connectivity index (χ0) is 16.8. The molecule has 7 nitrogen and oxygen atoms in total. The van der Waals surface area contributed by atoms with E-state index >= 15 is 0 Å². The molecule has 0 heterocycles. The van der Waals surface area contributed by atoms with Crippen LogP contribution in [-0.4, -0.2) is 40.0 Å². The van der Waals surface area contributed by atoms with Gasteiger partial charge in [0.15, 0.2) is 0 Å². The Balaban J connectivity index is 2.47. The Hall–Kier alpha value is -1.45. The van der Waals surface area contributed by atoms with Crippen LogP contribution in [0.25, 0.3) is 0 Å². The second-order valence-corrected chi connectivity index (χ2v) is 7.10. The maximum Gasteiger partial charge on any atom is 0.328 e. The SMILES string of the molecule is COC(=O)[C@@H](C)NC(=O)CCNS(=O)(=O)c1ccc(Br)cc1. The van der Waals surface area contributed by atoms with Crippen molar-refractivity contribution in [2.75, 3.05) is 13.7 Å². The van der Waals surface area contributed by atoms with E-state index in [1.807, 2.05) is 0 Å². The van der Waals surface area contributed by atoms with Gasteiger partial charge in [-0.2, -0.15) is 0 Å². The molecule has 1 atom stereocenters. The van der Waals surface area contributed by atoms with Gasteiger partial charge in [-0.05, 0) is 31.2 Å². The van der Waals surface area contributed by atoms with Crippen LogP contribution in [0.2, 0.25) is 0 Å². The zero-order valence-electron chi connectivity index (χ0n) is 12.1. The van der Waals surface area contributed by atoms with E-state index in [4.69, 9.17) is 0 Å². The highest BCUT2D eigenvalue weighted by Gasteiger charge is 2.17. The molecule has 0 aliphatic carbocycles. The average Bonchev–Trinajstić information content (AvgIpc) is 2.46. The van der Waals surface area contributed by atoms with E-state index in [0.717, 1.165) is 4.47 Å². The summed E-state index contributed by atoms with van der Waals surface area (Å²) in [6.45, 7) is 1.41. The minimum absolute atomic E-state index is 0.0713. The minimum Gasteiger partial charge on any atom is -0.467 e. The highest BCUT2D eigenvalue weighted by atomic mass is 79.9. The van der Waals surface area contributed by atoms with Crippen molar-refractivity contribution in [3.63, 3.8) is 0 Å². The molecular formula is C13H17BrN2O5S. The smallest absolute Gasteiger partial charge is 0.328 e. The van der Waals surface area contributed by atoms with Crippen molar-refractivity contribution in [2.45, 2.75) is 24.3 Å². The van der Waals surface area contributed by atoms with Crippen molar-refractivity contribution in [3.05, 3.63) is 28.7 Å². The van der Waals surface area contributed by atoms with E-state index in [1.54, 1.807) is 12.1 Å². The molecule has 0 fully saturated rings. The number of carbonyl (C=O) groups is 2. The number of sulfonamides is 1. The van der Waals surface area contributed by atoms with Gasteiger partial charge in [0.2, 0.25) is 15.9 Å². The highest BCUT2D eigenvalue weighted by molar-refractivity contribution is 9.10. The Kier molecular flexibility index (Phi) is 6.98. The summed E-state index contributed by atoms with van der Waals surface area (Å²) in [6.07, 6.45) is -0.0862. The third-order valence-electron chi connectivity index (χ3n) is 2.70. The number of esters is 1. The van der Waals surface area contributed by atoms with Crippen molar-refractivity contribution < 1.29 is 22.7 Å². The van der Waals surface area contributed by atoms with Crippen LogP contribution in [-0.2, 0) is 24.3 Å². The van der Waals surface area contributed by atoms with Crippen LogP contribution in [0.5, 0.6) is 0 Å². The summed E-state index contributed by atoms with van der Waals surface area (Å²) in [4.78, 5) is 22.8. The van der Waals surface area contributed by atoms with Gasteiger partial charge in [-0.1, -0.05) is 15.9 Å². The van der Waals surface area contributed by atoms with Crippen LogP contribution in [0.1, 0.15) is 13.3 Å². The zero-order valence-corrected chi connectivity index (χ0v) is 14.5. The lowest BCUT2D eigenvalue weighted by molar-refractivity contribution is -0.144. The third-order valence-corrected chi connectivity index (χ3v) is 4.71. The van der Waals surface area contributed by atoms with Gasteiger partial charge in [0.1, 0.15) is 6.04 Å². The maximum atomic E-state index is 12.0. The summed E-state index contributed by atoms with van der Waals surface area (Å²) < 4.78 is 31.5. The first-order chi connectivity index (χ1) is 10.3. The summed E-state index contributed by atoms with van der Waals surface area (Å²) in [5, 5.41) is 2.41. The minimum atomic E-state index is -3.66. The monoisotopic (exact) mass is 392 g/mol. The van der Waals surface area contributed by atoms with Crippen molar-refractivity contribution in [1.29, 1.82) is 0 Å². The molecule has 0 unspecified atom stereocenters. The van der Waals surface area contributed by atoms with E-state index in [1.165, 1.54) is 26.2 Å². The first kappa shape index (κ1) is 18.6. The van der Waals surface area contributed by atoms with Gasteiger partial charge >= 0.3 is 5.97 Å². The molecule has 0 saturated carbocycles. The number of amides is 1. The number of ether oxygens (including phenoxy) is 1. The van der Waals surface area contributed by atoms with Crippen molar-refractivity contribution in [2.24, 2.45) is 0 Å². The number of hydrogen-bond donors (Lipinski definition) is 2. The lowest BCUT2D eigenvalue weighted by Crippen LogP contribution is -2.40. The van der Waals surface area contributed by atoms with E-state index in [2.05, 4.69) is 30.7 Å². The van der Waals surface area contributed by atoms with Gasteiger partial charge < -0.3 is 10.1 Å². The third kappa shape index (κ3) is 5.74. The quantitative estimate of drug-likeness (QED) is 0.668. The Morgan fingerprint density at radius 2 is 1.86 bits per heavy atom. The predicted molar refractivity (Wildman–Crippen MR) is 83.6 cm³/mol. The first-order valence-corrected chi connectivity index (χ1v) is 8.66. The van der Waals surface area contributed by atoms with Gasteiger partial charge in [-0.25, -0.2) is 17.9 Å². The van der Waals surface area contributed by atoms with Gasteiger partial charge in [0, 0.05) is 17.4 Å². The summed E-state index contributed by atoms with van der Waals surface area (Å²) >= 11 is 3.22. The molecule has 0 aliphatic heterocycles. The summed E-state index contributed by atoms with van der Waals surface area (Å²) in [5.41, 5.74) is 0. The van der Waals surface area contributed by atoms with Gasteiger partial charge in [-0.3, -0.25) is 4.79 Å². The largest absolute Gasteiger partial charge is 0.467 e. The van der Waals surface area contributed by atoms with E-state index < -0.39 is 27.9 Å². The van der Waals surface area contributed by atoms with E-state index in [0.29, 0.717) is 0 Å². The standard InChI is InChI=1S/C13H17BrN2O5S/c1-9(13(18)21-2)16-12(17)7-8-15-22(19,20)11-5-3-10(14)4-6-11/h3-6,9,15H,7-8H2,1-2H3,(H,16,17)/t9-/m1/s1. The lowest BCUT2D eigenvalue weighted by atomic mass is 10.3. The van der Waals surface area contributed by atoms with Crippen LogP contribution in [0.3, 0.4) is 0 Å². The number of halogens is 1. The van der Waals surface area contributed by atoms with Crippen LogP contribution in [0, 0.1) is 0 Å². The van der Waals surface area contributed by atoms with Crippen molar-refractivity contribution in [3.8, 4) is 0 Å².